The Morgan fingerprint density at radius 3 is 2.83 bits per heavy atom. The van der Waals surface area contributed by atoms with Crippen LogP contribution in [0.3, 0.4) is 0 Å². The van der Waals surface area contributed by atoms with Gasteiger partial charge in [0.2, 0.25) is 5.91 Å². The lowest BCUT2D eigenvalue weighted by molar-refractivity contribution is -0.126. The van der Waals surface area contributed by atoms with Crippen LogP contribution in [0, 0.1) is 23.7 Å². The highest BCUT2D eigenvalue weighted by atomic mass is 16.7. The van der Waals surface area contributed by atoms with Crippen molar-refractivity contribution in [3.8, 4) is 0 Å². The lowest BCUT2D eigenvalue weighted by Crippen LogP contribution is -2.47. The van der Waals surface area contributed by atoms with Gasteiger partial charge in [-0.1, -0.05) is 6.92 Å². The van der Waals surface area contributed by atoms with Gasteiger partial charge in [-0.25, -0.2) is 5.01 Å². The third-order valence-electron chi connectivity index (χ3n) is 7.84. The maximum Gasteiger partial charge on any atom is 0.226 e. The van der Waals surface area contributed by atoms with Gasteiger partial charge >= 0.3 is 0 Å². The minimum absolute atomic E-state index is 0.0259. The number of carbonyl (C=O) groups is 1. The standard InChI is InChI=1S/C22H41N5O3/c1-4-20-24-21(26-30-20)16-6-8-17-15(12-16)7-9-19(17)23-22(28)18-13-27(25-14(18)2)10-5-11-29-3/h14-21,24-26H,4-13H2,1-3H3,(H,23,28)/t14?,15?,16?,17?,18?,19-,20?,21?/m1/s1. The van der Waals surface area contributed by atoms with Crippen molar-refractivity contribution in [2.45, 2.75) is 83.3 Å². The highest BCUT2D eigenvalue weighted by Gasteiger charge is 2.45. The molecule has 2 aliphatic carbocycles. The van der Waals surface area contributed by atoms with E-state index in [0.717, 1.165) is 44.9 Å². The number of amides is 1. The third-order valence-corrected chi connectivity index (χ3v) is 7.84. The quantitative estimate of drug-likeness (QED) is 0.438. The molecule has 0 bridgehead atoms. The molecule has 0 radical (unpaired) electrons. The van der Waals surface area contributed by atoms with Crippen LogP contribution in [0.1, 0.15) is 58.8 Å². The predicted molar refractivity (Wildman–Crippen MR) is 115 cm³/mol. The summed E-state index contributed by atoms with van der Waals surface area (Å²) in [4.78, 5) is 18.7. The number of carbonyl (C=O) groups excluding carboxylic acids is 1. The molecule has 4 N–H and O–H groups in total. The molecule has 2 aliphatic heterocycles. The molecule has 4 aliphatic rings. The van der Waals surface area contributed by atoms with E-state index in [1.807, 2.05) is 0 Å². The van der Waals surface area contributed by atoms with E-state index >= 15 is 0 Å². The van der Waals surface area contributed by atoms with Gasteiger partial charge < -0.3 is 10.1 Å². The fraction of sp³-hybridized carbons (Fsp3) is 0.955. The molecule has 7 unspecified atom stereocenters. The van der Waals surface area contributed by atoms with E-state index in [1.165, 1.54) is 25.7 Å². The first kappa shape index (κ1) is 22.4. The Balaban J connectivity index is 1.24. The summed E-state index contributed by atoms with van der Waals surface area (Å²) < 4.78 is 5.14. The molecular weight excluding hydrogens is 382 g/mol. The van der Waals surface area contributed by atoms with Crippen LogP contribution in [-0.4, -0.2) is 62.2 Å². The molecule has 172 valence electrons. The maximum absolute atomic E-state index is 13.1. The van der Waals surface area contributed by atoms with Crippen molar-refractivity contribution in [1.82, 2.24) is 26.5 Å². The summed E-state index contributed by atoms with van der Waals surface area (Å²) in [7, 11) is 1.73. The zero-order chi connectivity index (χ0) is 21.1. The Hall–Kier alpha value is -0.770. The summed E-state index contributed by atoms with van der Waals surface area (Å²) in [5.41, 5.74) is 6.68. The highest BCUT2D eigenvalue weighted by molar-refractivity contribution is 5.80. The first-order valence-corrected chi connectivity index (χ1v) is 12.1. The minimum atomic E-state index is 0.0259. The first-order chi connectivity index (χ1) is 14.6. The molecule has 30 heavy (non-hydrogen) atoms. The first-order valence-electron chi connectivity index (χ1n) is 12.1. The molecule has 0 aromatic carbocycles. The average Bonchev–Trinajstić information content (AvgIpc) is 3.46. The van der Waals surface area contributed by atoms with Gasteiger partial charge in [0.25, 0.3) is 0 Å². The zero-order valence-electron chi connectivity index (χ0n) is 18.9. The Labute approximate surface area is 181 Å². The predicted octanol–water partition coefficient (Wildman–Crippen LogP) is 1.35. The van der Waals surface area contributed by atoms with E-state index in [2.05, 4.69) is 40.4 Å². The zero-order valence-corrected chi connectivity index (χ0v) is 18.9. The molecule has 8 atom stereocenters. The van der Waals surface area contributed by atoms with Crippen LogP contribution in [0.25, 0.3) is 0 Å². The van der Waals surface area contributed by atoms with E-state index in [1.54, 1.807) is 7.11 Å². The lowest BCUT2D eigenvalue weighted by atomic mass is 9.73. The summed E-state index contributed by atoms with van der Waals surface area (Å²) in [6.45, 7) is 6.73. The van der Waals surface area contributed by atoms with Gasteiger partial charge in [-0.05, 0) is 69.6 Å². The van der Waals surface area contributed by atoms with Crippen LogP contribution in [0.5, 0.6) is 0 Å². The number of fused-ring (bicyclic) bond motifs is 1. The van der Waals surface area contributed by atoms with Crippen LogP contribution >= 0.6 is 0 Å². The van der Waals surface area contributed by atoms with Crippen LogP contribution in [0.4, 0.5) is 0 Å². The van der Waals surface area contributed by atoms with Crippen molar-refractivity contribution in [3.63, 3.8) is 0 Å². The molecule has 0 aromatic heterocycles. The summed E-state index contributed by atoms with van der Waals surface area (Å²) in [6.07, 6.45) is 8.37. The number of hydroxylamine groups is 1. The molecular formula is C22H41N5O3. The number of hydrogen-bond acceptors (Lipinski definition) is 7. The van der Waals surface area contributed by atoms with Crippen molar-refractivity contribution in [2.24, 2.45) is 23.7 Å². The van der Waals surface area contributed by atoms with Gasteiger partial charge in [0, 0.05) is 38.9 Å². The van der Waals surface area contributed by atoms with Gasteiger partial charge in [0.05, 0.1) is 12.1 Å². The Bertz CT molecular complexity index is 579. The number of methoxy groups -OCH3 is 1. The van der Waals surface area contributed by atoms with E-state index < -0.39 is 0 Å². The van der Waals surface area contributed by atoms with Crippen molar-refractivity contribution in [1.29, 1.82) is 0 Å². The molecule has 0 aromatic rings. The summed E-state index contributed by atoms with van der Waals surface area (Å²) >= 11 is 0. The lowest BCUT2D eigenvalue weighted by Gasteiger charge is -2.37. The topological polar surface area (TPSA) is 86.9 Å². The van der Waals surface area contributed by atoms with Crippen LogP contribution in [0.15, 0.2) is 0 Å². The minimum Gasteiger partial charge on any atom is -0.385 e. The Morgan fingerprint density at radius 2 is 2.07 bits per heavy atom. The maximum atomic E-state index is 13.1. The molecule has 8 heteroatoms. The normalized spacial score (nSPS) is 41.8. The smallest absolute Gasteiger partial charge is 0.226 e. The number of rotatable bonds is 8. The Kier molecular flexibility index (Phi) is 7.65. The number of ether oxygens (including phenoxy) is 1. The molecule has 2 saturated heterocycles. The fourth-order valence-electron chi connectivity index (χ4n) is 6.11. The number of nitrogens with zero attached hydrogens (tertiary/aromatic N) is 1. The highest BCUT2D eigenvalue weighted by Crippen LogP contribution is 2.45. The van der Waals surface area contributed by atoms with E-state index in [-0.39, 0.29) is 30.3 Å². The molecule has 8 nitrogen and oxygen atoms in total. The van der Waals surface area contributed by atoms with Gasteiger partial charge in [-0.3, -0.25) is 20.4 Å². The summed E-state index contributed by atoms with van der Waals surface area (Å²) in [5, 5.41) is 9.21. The second kappa shape index (κ2) is 10.2. The average molecular weight is 424 g/mol. The van der Waals surface area contributed by atoms with Gasteiger partial charge in [-0.15, -0.1) is 0 Å². The monoisotopic (exact) mass is 423 g/mol. The van der Waals surface area contributed by atoms with Gasteiger partial charge in [0.1, 0.15) is 6.23 Å². The molecule has 0 spiro atoms. The Morgan fingerprint density at radius 1 is 1.23 bits per heavy atom. The third kappa shape index (κ3) is 5.00. The van der Waals surface area contributed by atoms with Crippen molar-refractivity contribution >= 4 is 5.91 Å². The van der Waals surface area contributed by atoms with Crippen LogP contribution in [0.2, 0.25) is 0 Å². The van der Waals surface area contributed by atoms with Crippen molar-refractivity contribution < 1.29 is 14.4 Å². The second-order valence-corrected chi connectivity index (χ2v) is 9.78. The van der Waals surface area contributed by atoms with Crippen molar-refractivity contribution in [2.75, 3.05) is 26.8 Å². The van der Waals surface area contributed by atoms with E-state index in [4.69, 9.17) is 9.57 Å². The largest absolute Gasteiger partial charge is 0.385 e. The van der Waals surface area contributed by atoms with E-state index in [9.17, 15) is 4.79 Å². The van der Waals surface area contributed by atoms with Crippen LogP contribution in [-0.2, 0) is 14.4 Å². The molecule has 2 heterocycles. The number of hydrazine groups is 1. The second-order valence-electron chi connectivity index (χ2n) is 9.78. The van der Waals surface area contributed by atoms with E-state index in [0.29, 0.717) is 17.9 Å². The molecule has 4 rings (SSSR count). The van der Waals surface area contributed by atoms with Gasteiger partial charge in [0.15, 0.2) is 0 Å². The van der Waals surface area contributed by atoms with Crippen LogP contribution < -0.4 is 21.5 Å². The SMILES string of the molecule is CCC1NC(C2CCC3C(CC[C@H]3NC(=O)C3CN(CCCOC)NC3C)C2)NO1. The number of hydrogen-bond donors (Lipinski definition) is 4. The van der Waals surface area contributed by atoms with Gasteiger partial charge in [-0.2, -0.15) is 5.48 Å². The molecule has 1 amide bonds. The molecule has 4 fully saturated rings. The number of nitrogens with one attached hydrogen (secondary N) is 4. The summed E-state index contributed by atoms with van der Waals surface area (Å²) in [6, 6.07) is 0.536. The summed E-state index contributed by atoms with van der Waals surface area (Å²) in [5.74, 6) is 2.24. The molecule has 2 saturated carbocycles. The fourth-order valence-corrected chi connectivity index (χ4v) is 6.11. The van der Waals surface area contributed by atoms with Crippen molar-refractivity contribution in [3.05, 3.63) is 0 Å².